The molecule has 0 unspecified atom stereocenters. The second-order valence-electron chi connectivity index (χ2n) is 7.03. The number of rotatable bonds is 6. The van der Waals surface area contributed by atoms with Gasteiger partial charge >= 0.3 is 6.09 Å². The molecule has 10 nitrogen and oxygen atoms in total. The first kappa shape index (κ1) is 20.3. The molecule has 0 bridgehead atoms. The maximum atomic E-state index is 12.5. The van der Waals surface area contributed by atoms with Crippen LogP contribution in [0.15, 0.2) is 47.1 Å². The van der Waals surface area contributed by atoms with Gasteiger partial charge in [-0.1, -0.05) is 6.07 Å². The SMILES string of the molecule is Nc1nc(C(=O)NCc2cccc(COC(=O)N3CCCC3)n2)cc(-c2ccco2)n1. The van der Waals surface area contributed by atoms with Crippen LogP contribution in [0.3, 0.4) is 0 Å². The third kappa shape index (κ3) is 5.16. The van der Waals surface area contributed by atoms with Crippen LogP contribution in [-0.2, 0) is 17.9 Å². The van der Waals surface area contributed by atoms with Crippen molar-refractivity contribution in [3.8, 4) is 11.5 Å². The average molecular weight is 422 g/mol. The van der Waals surface area contributed by atoms with Crippen molar-refractivity contribution in [3.63, 3.8) is 0 Å². The number of hydrogen-bond donors (Lipinski definition) is 2. The number of nitrogens with zero attached hydrogens (tertiary/aromatic N) is 4. The highest BCUT2D eigenvalue weighted by Crippen LogP contribution is 2.19. The van der Waals surface area contributed by atoms with Crippen LogP contribution < -0.4 is 11.1 Å². The highest BCUT2D eigenvalue weighted by Gasteiger charge is 2.19. The predicted molar refractivity (Wildman–Crippen MR) is 111 cm³/mol. The minimum Gasteiger partial charge on any atom is -0.463 e. The van der Waals surface area contributed by atoms with Crippen molar-refractivity contribution in [1.29, 1.82) is 0 Å². The summed E-state index contributed by atoms with van der Waals surface area (Å²) in [5, 5.41) is 2.76. The molecule has 2 amide bonds. The zero-order chi connectivity index (χ0) is 21.6. The normalized spacial score (nSPS) is 13.2. The molecule has 0 saturated carbocycles. The Morgan fingerprint density at radius 3 is 2.68 bits per heavy atom. The third-order valence-electron chi connectivity index (χ3n) is 4.75. The summed E-state index contributed by atoms with van der Waals surface area (Å²) in [6.07, 6.45) is 3.19. The number of hydrogen-bond acceptors (Lipinski definition) is 8. The first-order valence-corrected chi connectivity index (χ1v) is 9.91. The summed E-state index contributed by atoms with van der Waals surface area (Å²) in [4.78, 5) is 38.8. The molecule has 10 heteroatoms. The van der Waals surface area contributed by atoms with Crippen molar-refractivity contribution < 1.29 is 18.7 Å². The van der Waals surface area contributed by atoms with E-state index < -0.39 is 5.91 Å². The molecular weight excluding hydrogens is 400 g/mol. The van der Waals surface area contributed by atoms with Gasteiger partial charge in [0.25, 0.3) is 5.91 Å². The summed E-state index contributed by atoms with van der Waals surface area (Å²) in [6.45, 7) is 1.71. The number of likely N-dealkylation sites (tertiary alicyclic amines) is 1. The molecule has 0 aromatic carbocycles. The number of aromatic nitrogens is 3. The van der Waals surface area contributed by atoms with Gasteiger partial charge in [-0.2, -0.15) is 0 Å². The van der Waals surface area contributed by atoms with Gasteiger partial charge in [0, 0.05) is 13.1 Å². The molecule has 1 aliphatic rings. The van der Waals surface area contributed by atoms with Gasteiger partial charge in [0.05, 0.1) is 24.2 Å². The van der Waals surface area contributed by atoms with Gasteiger partial charge in [-0.15, -0.1) is 0 Å². The Morgan fingerprint density at radius 1 is 1.10 bits per heavy atom. The number of furan rings is 1. The van der Waals surface area contributed by atoms with E-state index in [2.05, 4.69) is 20.3 Å². The Morgan fingerprint density at radius 2 is 1.90 bits per heavy atom. The van der Waals surface area contributed by atoms with Gasteiger partial charge < -0.3 is 25.1 Å². The molecule has 0 radical (unpaired) electrons. The second-order valence-corrected chi connectivity index (χ2v) is 7.03. The lowest BCUT2D eigenvalue weighted by atomic mass is 10.2. The van der Waals surface area contributed by atoms with Crippen molar-refractivity contribution in [2.24, 2.45) is 0 Å². The number of carbonyl (C=O) groups excluding carboxylic acids is 2. The third-order valence-corrected chi connectivity index (χ3v) is 4.75. The van der Waals surface area contributed by atoms with E-state index in [0.29, 0.717) is 22.8 Å². The van der Waals surface area contributed by atoms with Gasteiger partial charge in [-0.3, -0.25) is 9.78 Å². The maximum absolute atomic E-state index is 12.5. The molecule has 31 heavy (non-hydrogen) atoms. The Hall–Kier alpha value is -3.95. The molecule has 1 aliphatic heterocycles. The lowest BCUT2D eigenvalue weighted by Crippen LogP contribution is -2.28. The molecule has 3 N–H and O–H groups in total. The molecule has 1 saturated heterocycles. The van der Waals surface area contributed by atoms with E-state index in [4.69, 9.17) is 14.9 Å². The van der Waals surface area contributed by atoms with Gasteiger partial charge in [0.1, 0.15) is 18.0 Å². The molecular formula is C21H22N6O4. The summed E-state index contributed by atoms with van der Waals surface area (Å²) >= 11 is 0. The van der Waals surface area contributed by atoms with Crippen LogP contribution in [0.4, 0.5) is 10.7 Å². The van der Waals surface area contributed by atoms with Crippen molar-refractivity contribution in [3.05, 3.63) is 59.7 Å². The summed E-state index contributed by atoms with van der Waals surface area (Å²) in [7, 11) is 0. The number of carbonyl (C=O) groups is 2. The largest absolute Gasteiger partial charge is 0.463 e. The molecule has 4 rings (SSSR count). The quantitative estimate of drug-likeness (QED) is 0.618. The van der Waals surface area contributed by atoms with Gasteiger partial charge in [0.15, 0.2) is 5.76 Å². The zero-order valence-corrected chi connectivity index (χ0v) is 16.8. The lowest BCUT2D eigenvalue weighted by Gasteiger charge is -2.15. The van der Waals surface area contributed by atoms with E-state index in [1.165, 1.54) is 12.3 Å². The van der Waals surface area contributed by atoms with Gasteiger partial charge in [0.2, 0.25) is 5.95 Å². The highest BCUT2D eigenvalue weighted by molar-refractivity contribution is 5.93. The van der Waals surface area contributed by atoms with Gasteiger partial charge in [-0.25, -0.2) is 14.8 Å². The minimum atomic E-state index is -0.422. The van der Waals surface area contributed by atoms with Crippen LogP contribution in [0.5, 0.6) is 0 Å². The summed E-state index contributed by atoms with van der Waals surface area (Å²) in [5.41, 5.74) is 7.50. The van der Waals surface area contributed by atoms with Crippen LogP contribution in [0.25, 0.3) is 11.5 Å². The van der Waals surface area contributed by atoms with Crippen LogP contribution in [0.1, 0.15) is 34.7 Å². The fourth-order valence-electron chi connectivity index (χ4n) is 3.23. The first-order valence-electron chi connectivity index (χ1n) is 9.91. The Balaban J connectivity index is 1.35. The fourth-order valence-corrected chi connectivity index (χ4v) is 3.23. The van der Waals surface area contributed by atoms with Crippen molar-refractivity contribution in [2.75, 3.05) is 18.8 Å². The molecule has 0 aliphatic carbocycles. The number of nitrogens with two attached hydrogens (primary N) is 1. The van der Waals surface area contributed by atoms with E-state index >= 15 is 0 Å². The van der Waals surface area contributed by atoms with E-state index in [0.717, 1.165) is 25.9 Å². The minimum absolute atomic E-state index is 0.0287. The number of ether oxygens (including phenoxy) is 1. The van der Waals surface area contributed by atoms with Crippen molar-refractivity contribution in [1.82, 2.24) is 25.2 Å². The van der Waals surface area contributed by atoms with Crippen molar-refractivity contribution >= 4 is 17.9 Å². The number of amides is 2. The molecule has 1 fully saturated rings. The Kier molecular flexibility index (Phi) is 6.06. The monoisotopic (exact) mass is 422 g/mol. The topological polar surface area (TPSA) is 136 Å². The van der Waals surface area contributed by atoms with Gasteiger partial charge in [-0.05, 0) is 43.2 Å². The van der Waals surface area contributed by atoms with E-state index in [-0.39, 0.29) is 30.9 Å². The number of nitrogen functional groups attached to an aromatic ring is 1. The molecule has 4 heterocycles. The summed E-state index contributed by atoms with van der Waals surface area (Å²) < 4.78 is 10.6. The van der Waals surface area contributed by atoms with E-state index in [1.807, 2.05) is 0 Å². The molecule has 0 atom stereocenters. The molecule has 3 aromatic heterocycles. The first-order chi connectivity index (χ1) is 15.1. The Bertz CT molecular complexity index is 1060. The summed E-state index contributed by atoms with van der Waals surface area (Å²) in [6, 6.07) is 10.3. The van der Waals surface area contributed by atoms with Crippen LogP contribution >= 0.6 is 0 Å². The van der Waals surface area contributed by atoms with E-state index in [1.54, 1.807) is 35.2 Å². The van der Waals surface area contributed by atoms with Crippen LogP contribution in [-0.4, -0.2) is 44.9 Å². The van der Waals surface area contributed by atoms with E-state index in [9.17, 15) is 9.59 Å². The molecule has 0 spiro atoms. The van der Waals surface area contributed by atoms with Crippen LogP contribution in [0.2, 0.25) is 0 Å². The predicted octanol–water partition coefficient (Wildman–Crippen LogP) is 2.38. The number of nitrogens with one attached hydrogen (secondary N) is 1. The highest BCUT2D eigenvalue weighted by atomic mass is 16.6. The smallest absolute Gasteiger partial charge is 0.410 e. The summed E-state index contributed by atoms with van der Waals surface area (Å²) in [5.74, 6) is 0.0366. The fraction of sp³-hybridized carbons (Fsp3) is 0.286. The zero-order valence-electron chi connectivity index (χ0n) is 16.8. The Labute approximate surface area is 178 Å². The van der Waals surface area contributed by atoms with Crippen LogP contribution in [0, 0.1) is 0 Å². The maximum Gasteiger partial charge on any atom is 0.410 e. The lowest BCUT2D eigenvalue weighted by molar-refractivity contribution is 0.0945. The molecule has 160 valence electrons. The average Bonchev–Trinajstić information content (AvgIpc) is 3.50. The van der Waals surface area contributed by atoms with Crippen molar-refractivity contribution in [2.45, 2.75) is 26.0 Å². The number of anilines is 1. The molecule has 3 aromatic rings. The standard InChI is InChI=1S/C21H22N6O4/c22-20-25-16(18-7-4-10-30-18)11-17(26-20)19(28)23-12-14-5-3-6-15(24-14)13-31-21(29)27-8-1-2-9-27/h3-7,10-11H,1-2,8-9,12-13H2,(H,23,28)(H2,22,25,26). The number of pyridine rings is 1. The second kappa shape index (κ2) is 9.24.